The van der Waals surface area contributed by atoms with Crippen LogP contribution in [0.1, 0.15) is 55.6 Å². The van der Waals surface area contributed by atoms with Crippen LogP contribution in [-0.4, -0.2) is 54.0 Å². The quantitative estimate of drug-likeness (QED) is 0.334. The van der Waals surface area contributed by atoms with Crippen LogP contribution in [0.15, 0.2) is 48.5 Å². The summed E-state index contributed by atoms with van der Waals surface area (Å²) in [4.78, 5) is 34.6. The van der Waals surface area contributed by atoms with Gasteiger partial charge in [0, 0.05) is 18.9 Å². The molecule has 2 aromatic rings. The summed E-state index contributed by atoms with van der Waals surface area (Å²) >= 11 is 0. The Labute approximate surface area is 199 Å². The van der Waals surface area contributed by atoms with Crippen molar-refractivity contribution in [2.45, 2.75) is 50.5 Å². The summed E-state index contributed by atoms with van der Waals surface area (Å²) in [6, 6.07) is 15.2. The lowest BCUT2D eigenvalue weighted by Crippen LogP contribution is -2.43. The lowest BCUT2D eigenvalue weighted by molar-refractivity contribution is -0.142. The van der Waals surface area contributed by atoms with Crippen molar-refractivity contribution >= 4 is 18.0 Å². The van der Waals surface area contributed by atoms with Crippen molar-refractivity contribution in [1.29, 1.82) is 0 Å². The fourth-order valence-corrected chi connectivity index (χ4v) is 4.23. The van der Waals surface area contributed by atoms with Crippen molar-refractivity contribution in [3.8, 4) is 11.1 Å². The first kappa shape index (κ1) is 25.2. The number of carboxylic acids is 1. The molecule has 3 rings (SSSR count). The first-order valence-electron chi connectivity index (χ1n) is 11.7. The van der Waals surface area contributed by atoms with E-state index in [1.807, 2.05) is 24.3 Å². The number of hydrogen-bond acceptors (Lipinski definition) is 5. The number of ether oxygens (including phenoxy) is 1. The number of rotatable bonds is 13. The molecule has 0 heterocycles. The predicted molar refractivity (Wildman–Crippen MR) is 127 cm³/mol. The maximum Gasteiger partial charge on any atom is 0.407 e. The van der Waals surface area contributed by atoms with Crippen LogP contribution >= 0.6 is 0 Å². The third-order valence-electron chi connectivity index (χ3n) is 6.01. The smallest absolute Gasteiger partial charge is 0.407 e. The Morgan fingerprint density at radius 1 is 0.882 bits per heavy atom. The average Bonchev–Trinajstić information content (AvgIpc) is 3.16. The molecule has 2 amide bonds. The first-order valence-corrected chi connectivity index (χ1v) is 11.7. The van der Waals surface area contributed by atoms with Gasteiger partial charge in [-0.3, -0.25) is 4.79 Å². The van der Waals surface area contributed by atoms with Gasteiger partial charge in [0.05, 0.1) is 6.61 Å². The number of amides is 2. The summed E-state index contributed by atoms with van der Waals surface area (Å²) in [6.45, 7) is 0.187. The Bertz CT molecular complexity index is 947. The lowest BCUT2D eigenvalue weighted by atomic mass is 9.98. The number of carbonyl (C=O) groups is 3. The van der Waals surface area contributed by atoms with Crippen molar-refractivity contribution in [1.82, 2.24) is 10.6 Å². The van der Waals surface area contributed by atoms with Crippen LogP contribution in [0.5, 0.6) is 0 Å². The SMILES string of the molecule is O=C(CCCCCCCNC(=O)OCC1c2ccccc2-c2ccccc21)NC(CO)C(=O)O. The molecule has 8 heteroatoms. The molecule has 1 aliphatic rings. The van der Waals surface area contributed by atoms with Gasteiger partial charge in [-0.1, -0.05) is 67.8 Å². The molecule has 182 valence electrons. The number of aliphatic carboxylic acids is 1. The highest BCUT2D eigenvalue weighted by Gasteiger charge is 2.28. The summed E-state index contributed by atoms with van der Waals surface area (Å²) in [6.07, 6.45) is 3.89. The van der Waals surface area contributed by atoms with E-state index < -0.39 is 24.7 Å². The average molecular weight is 469 g/mol. The fraction of sp³-hybridized carbons (Fsp3) is 0.423. The van der Waals surface area contributed by atoms with Crippen LogP contribution in [0.25, 0.3) is 11.1 Å². The third kappa shape index (κ3) is 6.81. The van der Waals surface area contributed by atoms with E-state index in [1.165, 1.54) is 22.3 Å². The van der Waals surface area contributed by atoms with E-state index >= 15 is 0 Å². The van der Waals surface area contributed by atoms with E-state index in [0.717, 1.165) is 25.7 Å². The second kappa shape index (κ2) is 12.7. The summed E-state index contributed by atoms with van der Waals surface area (Å²) in [5.41, 5.74) is 4.75. The molecular formula is C26H32N2O6. The number of nitrogens with one attached hydrogen (secondary N) is 2. The van der Waals surface area contributed by atoms with Crippen LogP contribution in [0.2, 0.25) is 0 Å². The van der Waals surface area contributed by atoms with Crippen molar-refractivity contribution in [2.75, 3.05) is 19.8 Å². The molecule has 34 heavy (non-hydrogen) atoms. The fourth-order valence-electron chi connectivity index (χ4n) is 4.23. The number of carbonyl (C=O) groups excluding carboxylic acids is 2. The molecule has 0 saturated carbocycles. The Morgan fingerprint density at radius 3 is 2.09 bits per heavy atom. The molecule has 0 bridgehead atoms. The number of aliphatic hydroxyl groups excluding tert-OH is 1. The molecule has 4 N–H and O–H groups in total. The third-order valence-corrected chi connectivity index (χ3v) is 6.01. The highest BCUT2D eigenvalue weighted by atomic mass is 16.5. The number of alkyl carbamates (subject to hydrolysis) is 1. The first-order chi connectivity index (χ1) is 16.5. The summed E-state index contributed by atoms with van der Waals surface area (Å²) < 4.78 is 5.51. The Hall–Kier alpha value is -3.39. The molecule has 0 aliphatic heterocycles. The van der Waals surface area contributed by atoms with Crippen molar-refractivity contribution < 1.29 is 29.3 Å². The molecule has 1 aliphatic carbocycles. The zero-order chi connectivity index (χ0) is 24.3. The predicted octanol–water partition coefficient (Wildman–Crippen LogP) is 3.43. The largest absolute Gasteiger partial charge is 0.480 e. The number of unbranched alkanes of at least 4 members (excludes halogenated alkanes) is 4. The van der Waals surface area contributed by atoms with E-state index in [4.69, 9.17) is 14.9 Å². The molecule has 1 unspecified atom stereocenters. The molecular weight excluding hydrogens is 436 g/mol. The molecule has 0 fully saturated rings. The monoisotopic (exact) mass is 468 g/mol. The minimum Gasteiger partial charge on any atom is -0.480 e. The van der Waals surface area contributed by atoms with Gasteiger partial charge in [0.15, 0.2) is 0 Å². The van der Waals surface area contributed by atoms with E-state index in [2.05, 4.69) is 34.9 Å². The minimum atomic E-state index is -1.25. The second-order valence-electron chi connectivity index (χ2n) is 8.41. The molecule has 2 aromatic carbocycles. The lowest BCUT2D eigenvalue weighted by Gasteiger charge is -2.14. The summed E-state index contributed by atoms with van der Waals surface area (Å²) in [5.74, 6) is -1.59. The van der Waals surface area contributed by atoms with E-state index in [-0.39, 0.29) is 18.2 Å². The summed E-state index contributed by atoms with van der Waals surface area (Å²) in [5, 5.41) is 22.8. The molecule has 0 spiro atoms. The van der Waals surface area contributed by atoms with Gasteiger partial charge in [-0.25, -0.2) is 9.59 Å². The van der Waals surface area contributed by atoms with Crippen molar-refractivity contribution in [3.05, 3.63) is 59.7 Å². The van der Waals surface area contributed by atoms with Gasteiger partial charge in [-0.2, -0.15) is 0 Å². The van der Waals surface area contributed by atoms with E-state index in [0.29, 0.717) is 19.6 Å². The highest BCUT2D eigenvalue weighted by molar-refractivity contribution is 5.83. The zero-order valence-electron chi connectivity index (χ0n) is 19.2. The number of hydrogen-bond donors (Lipinski definition) is 4. The van der Waals surface area contributed by atoms with Gasteiger partial charge in [-0.05, 0) is 35.1 Å². The van der Waals surface area contributed by atoms with Gasteiger partial charge in [-0.15, -0.1) is 0 Å². The van der Waals surface area contributed by atoms with Gasteiger partial charge < -0.3 is 25.6 Å². The number of fused-ring (bicyclic) bond motifs is 3. The Balaban J connectivity index is 1.27. The second-order valence-corrected chi connectivity index (χ2v) is 8.41. The standard InChI is InChI=1S/C26H32N2O6/c29-16-23(25(31)32)28-24(30)14-4-2-1-3-9-15-27-26(33)34-17-22-20-12-7-5-10-18(20)19-11-6-8-13-21(19)22/h5-8,10-13,22-23,29H,1-4,9,14-17H2,(H,27,33)(H,28,30)(H,31,32). The van der Waals surface area contributed by atoms with Gasteiger partial charge in [0.25, 0.3) is 0 Å². The molecule has 0 aromatic heterocycles. The Morgan fingerprint density at radius 2 is 1.47 bits per heavy atom. The summed E-state index contributed by atoms with van der Waals surface area (Å²) in [7, 11) is 0. The number of aliphatic hydroxyl groups is 1. The number of carboxylic acid groups (broad SMARTS) is 1. The van der Waals surface area contributed by atoms with E-state index in [9.17, 15) is 14.4 Å². The molecule has 0 saturated heterocycles. The Kier molecular flexibility index (Phi) is 9.46. The maximum atomic E-state index is 12.2. The van der Waals surface area contributed by atoms with Crippen LogP contribution in [0, 0.1) is 0 Å². The topological polar surface area (TPSA) is 125 Å². The van der Waals surface area contributed by atoms with Crippen LogP contribution in [0.3, 0.4) is 0 Å². The van der Waals surface area contributed by atoms with Gasteiger partial charge >= 0.3 is 12.1 Å². The highest BCUT2D eigenvalue weighted by Crippen LogP contribution is 2.44. The minimum absolute atomic E-state index is 0.0403. The molecule has 8 nitrogen and oxygen atoms in total. The van der Waals surface area contributed by atoms with Gasteiger partial charge in [0.2, 0.25) is 5.91 Å². The van der Waals surface area contributed by atoms with Crippen LogP contribution in [-0.2, 0) is 14.3 Å². The molecule has 0 radical (unpaired) electrons. The number of benzene rings is 2. The van der Waals surface area contributed by atoms with Crippen molar-refractivity contribution in [2.24, 2.45) is 0 Å². The molecule has 1 atom stereocenters. The van der Waals surface area contributed by atoms with Crippen molar-refractivity contribution in [3.63, 3.8) is 0 Å². The van der Waals surface area contributed by atoms with Gasteiger partial charge in [0.1, 0.15) is 12.6 Å². The van der Waals surface area contributed by atoms with Crippen LogP contribution < -0.4 is 10.6 Å². The van der Waals surface area contributed by atoms with E-state index in [1.54, 1.807) is 0 Å². The maximum absolute atomic E-state index is 12.2. The zero-order valence-corrected chi connectivity index (χ0v) is 19.2. The van der Waals surface area contributed by atoms with Crippen LogP contribution in [0.4, 0.5) is 4.79 Å². The normalized spacial score (nSPS) is 13.0.